The third-order valence-electron chi connectivity index (χ3n) is 6.86. The Morgan fingerprint density at radius 3 is 2.12 bits per heavy atom. The summed E-state index contributed by atoms with van der Waals surface area (Å²) in [6.07, 6.45) is 6.83. The minimum atomic E-state index is -0.487. The zero-order valence-electron chi connectivity index (χ0n) is 21.0. The molecule has 1 fully saturated rings. The summed E-state index contributed by atoms with van der Waals surface area (Å²) in [6.45, 7) is 19.8. The highest BCUT2D eigenvalue weighted by atomic mass is 16.6. The van der Waals surface area contributed by atoms with E-state index in [9.17, 15) is 4.79 Å². The van der Waals surface area contributed by atoms with Gasteiger partial charge in [-0.1, -0.05) is 64.1 Å². The first-order chi connectivity index (χ1) is 14.8. The molecule has 178 valence electrons. The Labute approximate surface area is 194 Å². The third-order valence-corrected chi connectivity index (χ3v) is 6.86. The first kappa shape index (κ1) is 27.6. The molecule has 5 nitrogen and oxygen atoms in total. The molecule has 1 aliphatic rings. The number of ether oxygens (including phenoxy) is 1. The van der Waals surface area contributed by atoms with Crippen LogP contribution in [0, 0.1) is 22.2 Å². The van der Waals surface area contributed by atoms with Crippen molar-refractivity contribution in [2.45, 2.75) is 92.3 Å². The molecule has 0 bridgehead atoms. The van der Waals surface area contributed by atoms with E-state index in [0.717, 1.165) is 37.3 Å². The van der Waals surface area contributed by atoms with Crippen molar-refractivity contribution in [2.24, 2.45) is 16.7 Å². The molecule has 32 heavy (non-hydrogen) atoms. The Hall–Kier alpha value is -2.39. The second kappa shape index (κ2) is 11.5. The number of rotatable bonds is 7. The molecule has 1 aliphatic carbocycles. The zero-order chi connectivity index (χ0) is 24.6. The van der Waals surface area contributed by atoms with Crippen LogP contribution < -0.4 is 0 Å². The summed E-state index contributed by atoms with van der Waals surface area (Å²) in [7, 11) is 0. The van der Waals surface area contributed by atoms with Crippen LogP contribution in [-0.2, 0) is 16.1 Å². The van der Waals surface area contributed by atoms with Gasteiger partial charge in [-0.05, 0) is 68.8 Å². The summed E-state index contributed by atoms with van der Waals surface area (Å²) >= 11 is 0. The van der Waals surface area contributed by atoms with Crippen LogP contribution in [0.5, 0.6) is 0 Å². The molecule has 0 saturated heterocycles. The molecule has 1 unspecified atom stereocenters. The first-order valence-electron chi connectivity index (χ1n) is 11.5. The van der Waals surface area contributed by atoms with Gasteiger partial charge in [0.2, 0.25) is 6.08 Å². The highest BCUT2D eigenvalue weighted by Crippen LogP contribution is 2.56. The van der Waals surface area contributed by atoms with Crippen molar-refractivity contribution >= 4 is 12.2 Å². The van der Waals surface area contributed by atoms with Crippen LogP contribution in [0.3, 0.4) is 0 Å². The van der Waals surface area contributed by atoms with E-state index in [1.165, 1.54) is 0 Å². The van der Waals surface area contributed by atoms with Gasteiger partial charge < -0.3 is 9.64 Å². The van der Waals surface area contributed by atoms with Gasteiger partial charge in [-0.2, -0.15) is 0 Å². The molecule has 0 radical (unpaired) electrons. The van der Waals surface area contributed by atoms with E-state index in [1.807, 2.05) is 49.9 Å². The molecular formula is C27H42N2O3. The fraction of sp³-hybridized carbons (Fsp3) is 0.630. The standard InChI is InChI=1S/C26H41NO2.CHNO/c1-9-10-16-26(8,24(2,3)4)21-17-22(18-21)27(23(28)29-25(5,6)7)19-20-14-12-11-13-15-20;2-1-3/h9,11-15,21-22H,1,10,16-19H2,2-8H3;2H. The summed E-state index contributed by atoms with van der Waals surface area (Å²) in [5.41, 5.74) is 1.09. The maximum atomic E-state index is 13.0. The SMILES string of the molecule is C=CCCC(C)(C1CC(N(Cc2ccccc2)C(=O)OC(C)(C)C)C1)C(C)(C)C.N=C=O. The molecule has 1 saturated carbocycles. The van der Waals surface area contributed by atoms with Crippen LogP contribution in [0.15, 0.2) is 43.0 Å². The van der Waals surface area contributed by atoms with Gasteiger partial charge in [0.1, 0.15) is 5.60 Å². The van der Waals surface area contributed by atoms with Gasteiger partial charge in [0.15, 0.2) is 0 Å². The highest BCUT2D eigenvalue weighted by Gasteiger charge is 2.50. The number of carbonyl (C=O) groups is 1. The van der Waals surface area contributed by atoms with Gasteiger partial charge in [0.25, 0.3) is 0 Å². The Bertz CT molecular complexity index is 764. The van der Waals surface area contributed by atoms with E-state index in [1.54, 1.807) is 0 Å². The number of hydrogen-bond donors (Lipinski definition) is 1. The van der Waals surface area contributed by atoms with E-state index in [0.29, 0.717) is 12.5 Å². The van der Waals surface area contributed by atoms with E-state index < -0.39 is 5.60 Å². The van der Waals surface area contributed by atoms with Gasteiger partial charge in [-0.25, -0.2) is 15.0 Å². The topological polar surface area (TPSA) is 70.5 Å². The zero-order valence-corrected chi connectivity index (χ0v) is 21.0. The predicted octanol–water partition coefficient (Wildman–Crippen LogP) is 7.12. The molecule has 1 aromatic rings. The lowest BCUT2D eigenvalue weighted by atomic mass is 9.52. The van der Waals surface area contributed by atoms with Crippen LogP contribution in [0.25, 0.3) is 0 Å². The van der Waals surface area contributed by atoms with Crippen LogP contribution in [-0.4, -0.2) is 28.7 Å². The Morgan fingerprint density at radius 1 is 1.16 bits per heavy atom. The van der Waals surface area contributed by atoms with Gasteiger partial charge in [0.05, 0.1) is 0 Å². The largest absolute Gasteiger partial charge is 0.444 e. The first-order valence-corrected chi connectivity index (χ1v) is 11.5. The summed E-state index contributed by atoms with van der Waals surface area (Å²) in [5.74, 6) is 0.605. The fourth-order valence-electron chi connectivity index (χ4n) is 4.40. The highest BCUT2D eigenvalue weighted by molar-refractivity contribution is 5.68. The van der Waals surface area contributed by atoms with Crippen LogP contribution in [0.1, 0.15) is 79.7 Å². The summed E-state index contributed by atoms with van der Waals surface area (Å²) < 4.78 is 5.76. The number of isocyanates is 1. The average molecular weight is 443 g/mol. The van der Waals surface area contributed by atoms with Gasteiger partial charge in [-0.15, -0.1) is 6.58 Å². The molecule has 2 rings (SSSR count). The minimum Gasteiger partial charge on any atom is -0.444 e. The van der Waals surface area contributed by atoms with E-state index >= 15 is 0 Å². The molecule has 0 aromatic heterocycles. The number of nitrogens with zero attached hydrogens (tertiary/aromatic N) is 1. The number of nitrogens with one attached hydrogen (secondary N) is 1. The molecule has 0 heterocycles. The second-order valence-corrected chi connectivity index (χ2v) is 11.0. The lowest BCUT2D eigenvalue weighted by Gasteiger charge is -2.56. The minimum absolute atomic E-state index is 0.201. The van der Waals surface area contributed by atoms with Crippen LogP contribution >= 0.6 is 0 Å². The molecular weight excluding hydrogens is 400 g/mol. The van der Waals surface area contributed by atoms with Crippen molar-refractivity contribution in [1.82, 2.24) is 4.90 Å². The lowest BCUT2D eigenvalue weighted by molar-refractivity contribution is -0.0655. The normalized spacial score (nSPS) is 19.8. The molecule has 1 N–H and O–H groups in total. The van der Waals surface area contributed by atoms with Crippen LogP contribution in [0.4, 0.5) is 4.79 Å². The van der Waals surface area contributed by atoms with Crippen molar-refractivity contribution in [1.29, 1.82) is 5.41 Å². The molecule has 0 aliphatic heterocycles. The monoisotopic (exact) mass is 442 g/mol. The number of hydrogen-bond acceptors (Lipinski definition) is 4. The van der Waals surface area contributed by atoms with E-state index in [4.69, 9.17) is 14.9 Å². The summed E-state index contributed by atoms with van der Waals surface area (Å²) in [5, 5.41) is 5.40. The molecule has 1 aromatic carbocycles. The Morgan fingerprint density at radius 2 is 1.69 bits per heavy atom. The predicted molar refractivity (Wildman–Crippen MR) is 130 cm³/mol. The maximum Gasteiger partial charge on any atom is 0.410 e. The average Bonchev–Trinajstić information content (AvgIpc) is 2.63. The number of amides is 1. The summed E-state index contributed by atoms with van der Waals surface area (Å²) in [6, 6.07) is 10.5. The van der Waals surface area contributed by atoms with Crippen molar-refractivity contribution in [2.75, 3.05) is 0 Å². The third kappa shape index (κ3) is 7.63. The Balaban J connectivity index is 0.00000161. The number of allylic oxidation sites excluding steroid dienone is 1. The lowest BCUT2D eigenvalue weighted by Crippen LogP contribution is -2.54. The van der Waals surface area contributed by atoms with Crippen molar-refractivity contribution < 1.29 is 14.3 Å². The van der Waals surface area contributed by atoms with Crippen molar-refractivity contribution in [3.8, 4) is 0 Å². The van der Waals surface area contributed by atoms with Crippen molar-refractivity contribution in [3.63, 3.8) is 0 Å². The number of benzene rings is 1. The summed E-state index contributed by atoms with van der Waals surface area (Å²) in [4.78, 5) is 23.3. The molecule has 1 atom stereocenters. The van der Waals surface area contributed by atoms with Gasteiger partial charge in [0, 0.05) is 12.6 Å². The van der Waals surface area contributed by atoms with Crippen LogP contribution in [0.2, 0.25) is 0 Å². The van der Waals surface area contributed by atoms with Gasteiger partial charge >= 0.3 is 6.09 Å². The fourth-order valence-corrected chi connectivity index (χ4v) is 4.40. The van der Waals surface area contributed by atoms with Gasteiger partial charge in [-0.3, -0.25) is 0 Å². The molecule has 5 heteroatoms. The second-order valence-electron chi connectivity index (χ2n) is 11.0. The Kier molecular flexibility index (Phi) is 9.91. The maximum absolute atomic E-state index is 13.0. The molecule has 0 spiro atoms. The smallest absolute Gasteiger partial charge is 0.410 e. The quantitative estimate of drug-likeness (QED) is 0.277. The van der Waals surface area contributed by atoms with E-state index in [-0.39, 0.29) is 23.0 Å². The van der Waals surface area contributed by atoms with Crippen molar-refractivity contribution in [3.05, 3.63) is 48.6 Å². The number of carbonyl (C=O) groups excluding carboxylic acids is 2. The molecule has 1 amide bonds. The van der Waals surface area contributed by atoms with E-state index in [2.05, 4.69) is 46.4 Å².